The van der Waals surface area contributed by atoms with Gasteiger partial charge in [-0.05, 0) is 110 Å². The summed E-state index contributed by atoms with van der Waals surface area (Å²) in [4.78, 5) is 2.55. The molecule has 0 amide bonds. The summed E-state index contributed by atoms with van der Waals surface area (Å²) in [6, 6.07) is 90.5. The Hall–Kier alpha value is -7.78. The molecule has 0 radical (unpaired) electrons. The maximum Gasteiger partial charge on any atom is 0.0714 e. The van der Waals surface area contributed by atoms with Crippen molar-refractivity contribution in [1.82, 2.24) is 0 Å². The van der Waals surface area contributed by atoms with E-state index in [1.54, 1.807) is 0 Å². The maximum atomic E-state index is 2.55. The lowest BCUT2D eigenvalue weighted by molar-refractivity contribution is 0.714. The number of thiophene rings is 1. The second kappa shape index (κ2) is 14.6. The van der Waals surface area contributed by atoms with E-state index in [-0.39, 0.29) is 5.41 Å². The molecule has 0 fully saturated rings. The van der Waals surface area contributed by atoms with Gasteiger partial charge in [-0.3, -0.25) is 0 Å². The van der Waals surface area contributed by atoms with Crippen LogP contribution in [0.25, 0.3) is 53.6 Å². The third-order valence-electron chi connectivity index (χ3n) is 14.4. The molecule has 306 valence electrons. The second-order valence-electron chi connectivity index (χ2n) is 17.7. The fourth-order valence-corrected chi connectivity index (χ4v) is 12.8. The fraction of sp³-hybridized carbons (Fsp3) is 0.0476. The van der Waals surface area contributed by atoms with Gasteiger partial charge in [0.2, 0.25) is 0 Å². The molecule has 1 unspecified atom stereocenters. The van der Waals surface area contributed by atoms with Gasteiger partial charge in [0, 0.05) is 42.5 Å². The first kappa shape index (κ1) is 37.7. The molecule has 1 heterocycles. The first-order valence-electron chi connectivity index (χ1n) is 22.6. The molecule has 0 saturated heterocycles. The number of rotatable bonds is 7. The van der Waals surface area contributed by atoms with Crippen LogP contribution in [0.5, 0.6) is 0 Å². The van der Waals surface area contributed by atoms with Crippen molar-refractivity contribution >= 4 is 48.6 Å². The zero-order valence-electron chi connectivity index (χ0n) is 35.9. The molecule has 2 heteroatoms. The lowest BCUT2D eigenvalue weighted by atomic mass is 9.68. The number of fused-ring (bicyclic) bond motifs is 9. The molecule has 0 N–H and O–H groups in total. The number of anilines is 3. The Kier molecular flexibility index (Phi) is 8.50. The van der Waals surface area contributed by atoms with Crippen LogP contribution in [-0.2, 0) is 10.8 Å². The SMILES string of the molecule is CC1(c2ccccc2)c2ccccc2-c2ccc(N(c3cccc(-c4cccc5c4sc4ccccc45)c3)c3cccc4c3-c3ccccc3C4(c3ccccc3)c3ccccc3)cc21. The molecule has 0 bridgehead atoms. The fourth-order valence-electron chi connectivity index (χ4n) is 11.6. The van der Waals surface area contributed by atoms with Crippen LogP contribution >= 0.6 is 11.3 Å². The number of hydrogen-bond acceptors (Lipinski definition) is 2. The zero-order valence-corrected chi connectivity index (χ0v) is 36.8. The predicted octanol–water partition coefficient (Wildman–Crippen LogP) is 16.9. The molecule has 13 rings (SSSR count). The van der Waals surface area contributed by atoms with Gasteiger partial charge in [-0.2, -0.15) is 0 Å². The van der Waals surface area contributed by atoms with Gasteiger partial charge < -0.3 is 4.90 Å². The molecule has 10 aromatic carbocycles. The Bertz CT molecular complexity index is 3580. The van der Waals surface area contributed by atoms with Gasteiger partial charge >= 0.3 is 0 Å². The Morgan fingerprint density at radius 2 is 0.923 bits per heavy atom. The van der Waals surface area contributed by atoms with Crippen LogP contribution in [-0.4, -0.2) is 0 Å². The van der Waals surface area contributed by atoms with Crippen LogP contribution in [0.4, 0.5) is 17.1 Å². The molecule has 65 heavy (non-hydrogen) atoms. The lowest BCUT2D eigenvalue weighted by Gasteiger charge is -2.34. The highest BCUT2D eigenvalue weighted by Gasteiger charge is 2.47. The van der Waals surface area contributed by atoms with Crippen LogP contribution < -0.4 is 4.90 Å². The summed E-state index contributed by atoms with van der Waals surface area (Å²) < 4.78 is 2.63. The van der Waals surface area contributed by atoms with Crippen LogP contribution in [0, 0.1) is 0 Å². The summed E-state index contributed by atoms with van der Waals surface area (Å²) >= 11 is 1.89. The Morgan fingerprint density at radius 3 is 1.69 bits per heavy atom. The van der Waals surface area contributed by atoms with Gasteiger partial charge in [-0.15, -0.1) is 11.3 Å². The molecule has 2 aliphatic carbocycles. The standard InChI is InChI=1S/C63H43NS/c1-62(43-21-5-2-6-22-43)54-33-14-11-28-49(54)50-39-38-47(41-57(50)62)64(46-27-17-20-42(40-46)48-31-18-32-52-51-29-13-16-37-59(51)65-61(48)52)58-36-19-35-56-60(58)53-30-12-15-34-55(53)63(56,44-23-7-3-8-24-44)45-25-9-4-10-26-45/h2-41H,1H3. The topological polar surface area (TPSA) is 3.24 Å². The van der Waals surface area contributed by atoms with Crippen molar-refractivity contribution in [3.8, 4) is 33.4 Å². The smallest absolute Gasteiger partial charge is 0.0714 e. The van der Waals surface area contributed by atoms with E-state index in [1.165, 1.54) is 92.5 Å². The van der Waals surface area contributed by atoms with E-state index in [2.05, 4.69) is 254 Å². The largest absolute Gasteiger partial charge is 0.310 e. The van der Waals surface area contributed by atoms with Crippen molar-refractivity contribution in [1.29, 1.82) is 0 Å². The predicted molar refractivity (Wildman–Crippen MR) is 274 cm³/mol. The maximum absolute atomic E-state index is 2.55. The van der Waals surface area contributed by atoms with Crippen molar-refractivity contribution in [2.24, 2.45) is 0 Å². The zero-order chi connectivity index (χ0) is 43.1. The summed E-state index contributed by atoms with van der Waals surface area (Å²) in [6.07, 6.45) is 0. The second-order valence-corrected chi connectivity index (χ2v) is 18.7. The average Bonchev–Trinajstić information content (AvgIpc) is 4.00. The minimum atomic E-state index is -0.528. The van der Waals surface area contributed by atoms with E-state index in [0.29, 0.717) is 0 Å². The van der Waals surface area contributed by atoms with Crippen LogP contribution in [0.3, 0.4) is 0 Å². The summed E-state index contributed by atoms with van der Waals surface area (Å²) in [5.41, 5.74) is 19.1. The van der Waals surface area contributed by atoms with Crippen molar-refractivity contribution in [3.05, 3.63) is 282 Å². The average molecular weight is 846 g/mol. The van der Waals surface area contributed by atoms with Crippen molar-refractivity contribution in [2.45, 2.75) is 17.8 Å². The molecule has 2 aliphatic rings. The molecular weight excluding hydrogens is 803 g/mol. The van der Waals surface area contributed by atoms with E-state index in [1.807, 2.05) is 11.3 Å². The van der Waals surface area contributed by atoms with Gasteiger partial charge in [-0.25, -0.2) is 0 Å². The first-order chi connectivity index (χ1) is 32.1. The van der Waals surface area contributed by atoms with Gasteiger partial charge in [0.25, 0.3) is 0 Å². The quantitative estimate of drug-likeness (QED) is 0.154. The number of nitrogens with zero attached hydrogens (tertiary/aromatic N) is 1. The van der Waals surface area contributed by atoms with Crippen molar-refractivity contribution < 1.29 is 0 Å². The molecule has 1 aromatic heterocycles. The van der Waals surface area contributed by atoms with Crippen molar-refractivity contribution in [2.75, 3.05) is 4.90 Å². The molecule has 1 nitrogen and oxygen atoms in total. The number of benzene rings is 10. The van der Waals surface area contributed by atoms with Crippen LogP contribution in [0.2, 0.25) is 0 Å². The Labute approximate surface area is 384 Å². The van der Waals surface area contributed by atoms with Crippen LogP contribution in [0.15, 0.2) is 243 Å². The highest BCUT2D eigenvalue weighted by atomic mass is 32.1. The Balaban J connectivity index is 1.10. The lowest BCUT2D eigenvalue weighted by Crippen LogP contribution is -2.28. The molecule has 0 saturated carbocycles. The molecule has 11 aromatic rings. The third-order valence-corrected chi connectivity index (χ3v) is 15.6. The normalized spacial score (nSPS) is 15.3. The van der Waals surface area contributed by atoms with Gasteiger partial charge in [0.1, 0.15) is 0 Å². The molecule has 1 atom stereocenters. The van der Waals surface area contributed by atoms with E-state index in [0.717, 1.165) is 17.1 Å². The van der Waals surface area contributed by atoms with Gasteiger partial charge in [-0.1, -0.05) is 206 Å². The summed E-state index contributed by atoms with van der Waals surface area (Å²) in [7, 11) is 0. The monoisotopic (exact) mass is 845 g/mol. The summed E-state index contributed by atoms with van der Waals surface area (Å²) in [5, 5.41) is 2.62. The molecule has 0 spiro atoms. The first-order valence-corrected chi connectivity index (χ1v) is 23.4. The van der Waals surface area contributed by atoms with Crippen molar-refractivity contribution in [3.63, 3.8) is 0 Å². The van der Waals surface area contributed by atoms with E-state index < -0.39 is 5.41 Å². The third kappa shape index (κ3) is 5.45. The molecular formula is C63H43NS. The minimum absolute atomic E-state index is 0.353. The highest BCUT2D eigenvalue weighted by Crippen LogP contribution is 2.60. The summed E-state index contributed by atoms with van der Waals surface area (Å²) in [6.45, 7) is 2.41. The Morgan fingerprint density at radius 1 is 0.369 bits per heavy atom. The minimum Gasteiger partial charge on any atom is -0.310 e. The number of hydrogen-bond donors (Lipinski definition) is 0. The van der Waals surface area contributed by atoms with E-state index in [9.17, 15) is 0 Å². The highest BCUT2D eigenvalue weighted by molar-refractivity contribution is 7.26. The van der Waals surface area contributed by atoms with Gasteiger partial charge in [0.05, 0.1) is 11.1 Å². The summed E-state index contributed by atoms with van der Waals surface area (Å²) in [5.74, 6) is 0. The molecule has 0 aliphatic heterocycles. The van der Waals surface area contributed by atoms with E-state index >= 15 is 0 Å². The van der Waals surface area contributed by atoms with E-state index in [4.69, 9.17) is 0 Å². The van der Waals surface area contributed by atoms with Crippen LogP contribution in [0.1, 0.15) is 45.9 Å². The van der Waals surface area contributed by atoms with Gasteiger partial charge in [0.15, 0.2) is 0 Å².